The molecule has 6 heteroatoms. The summed E-state index contributed by atoms with van der Waals surface area (Å²) in [5.41, 5.74) is 9.41. The molecule has 3 aromatic heterocycles. The van der Waals surface area contributed by atoms with Crippen molar-refractivity contribution in [3.8, 4) is 11.4 Å². The summed E-state index contributed by atoms with van der Waals surface area (Å²) in [6, 6.07) is 2.00. The number of unbranched alkanes of at least 4 members (excludes halogenated alkanes) is 1. The van der Waals surface area contributed by atoms with Gasteiger partial charge in [-0.05, 0) is 25.0 Å². The van der Waals surface area contributed by atoms with Gasteiger partial charge in [-0.1, -0.05) is 13.3 Å². The molecule has 108 valence electrons. The maximum absolute atomic E-state index is 6.03. The molecule has 0 spiro atoms. The van der Waals surface area contributed by atoms with Crippen LogP contribution in [0.25, 0.3) is 22.6 Å². The van der Waals surface area contributed by atoms with E-state index in [1.54, 1.807) is 18.7 Å². The quantitative estimate of drug-likeness (QED) is 0.795. The lowest BCUT2D eigenvalue weighted by Gasteiger charge is -2.05. The highest BCUT2D eigenvalue weighted by Gasteiger charge is 2.12. The fourth-order valence-corrected chi connectivity index (χ4v) is 2.26. The van der Waals surface area contributed by atoms with Gasteiger partial charge in [-0.25, -0.2) is 15.0 Å². The Kier molecular flexibility index (Phi) is 3.51. The Balaban J connectivity index is 2.12. The third-order valence-electron chi connectivity index (χ3n) is 3.38. The summed E-state index contributed by atoms with van der Waals surface area (Å²) >= 11 is 0. The number of imidazole rings is 1. The minimum atomic E-state index is 0.409. The summed E-state index contributed by atoms with van der Waals surface area (Å²) in [5.74, 6) is 1.00. The topological polar surface area (TPSA) is 82.5 Å². The highest BCUT2D eigenvalue weighted by atomic mass is 15.1. The number of aromatic nitrogens is 5. The number of anilines is 1. The lowest BCUT2D eigenvalue weighted by molar-refractivity contribution is 0.642. The predicted octanol–water partition coefficient (Wildman–Crippen LogP) is 2.58. The number of rotatable bonds is 4. The predicted molar refractivity (Wildman–Crippen MR) is 82.6 cm³/mol. The summed E-state index contributed by atoms with van der Waals surface area (Å²) < 4.78 is 2.03. The standard InChI is InChI=1S/C15H18N6/c1-3-4-5-21-9-18-12-13(16)19-14(20-15(12)21)11-6-10(2)7-17-8-11/h6-9H,3-5H2,1-2H3,(H2,16,19,20). The van der Waals surface area contributed by atoms with Crippen LogP contribution in [-0.4, -0.2) is 24.5 Å². The van der Waals surface area contributed by atoms with Crippen LogP contribution in [-0.2, 0) is 6.54 Å². The van der Waals surface area contributed by atoms with Gasteiger partial charge < -0.3 is 10.3 Å². The first-order valence-corrected chi connectivity index (χ1v) is 7.09. The molecule has 3 rings (SSSR count). The fourth-order valence-electron chi connectivity index (χ4n) is 2.26. The van der Waals surface area contributed by atoms with Crippen LogP contribution in [0.5, 0.6) is 0 Å². The summed E-state index contributed by atoms with van der Waals surface area (Å²) in [5, 5.41) is 0. The highest BCUT2D eigenvalue weighted by Crippen LogP contribution is 2.22. The molecule has 0 aliphatic heterocycles. The molecule has 3 aromatic rings. The minimum Gasteiger partial charge on any atom is -0.382 e. The third-order valence-corrected chi connectivity index (χ3v) is 3.38. The van der Waals surface area contributed by atoms with Crippen molar-refractivity contribution in [3.05, 3.63) is 30.4 Å². The van der Waals surface area contributed by atoms with Gasteiger partial charge in [-0.3, -0.25) is 4.98 Å². The van der Waals surface area contributed by atoms with Crippen molar-refractivity contribution in [1.82, 2.24) is 24.5 Å². The van der Waals surface area contributed by atoms with E-state index >= 15 is 0 Å². The van der Waals surface area contributed by atoms with Crippen molar-refractivity contribution >= 4 is 17.0 Å². The largest absolute Gasteiger partial charge is 0.382 e. The van der Waals surface area contributed by atoms with Crippen LogP contribution in [0.1, 0.15) is 25.3 Å². The number of nitrogens with two attached hydrogens (primary N) is 1. The van der Waals surface area contributed by atoms with Crippen LogP contribution in [0, 0.1) is 6.92 Å². The minimum absolute atomic E-state index is 0.409. The molecule has 0 bridgehead atoms. The van der Waals surface area contributed by atoms with Crippen LogP contribution in [0.3, 0.4) is 0 Å². The van der Waals surface area contributed by atoms with Gasteiger partial charge in [-0.2, -0.15) is 0 Å². The second kappa shape index (κ2) is 5.47. The van der Waals surface area contributed by atoms with Gasteiger partial charge in [0.15, 0.2) is 17.3 Å². The summed E-state index contributed by atoms with van der Waals surface area (Å²) in [6.45, 7) is 5.03. The number of pyridine rings is 1. The van der Waals surface area contributed by atoms with E-state index in [0.717, 1.165) is 36.2 Å². The molecule has 0 aliphatic carbocycles. The zero-order valence-electron chi connectivity index (χ0n) is 12.2. The molecule has 2 N–H and O–H groups in total. The Morgan fingerprint density at radius 1 is 1.24 bits per heavy atom. The van der Waals surface area contributed by atoms with Gasteiger partial charge in [0.2, 0.25) is 0 Å². The first kappa shape index (κ1) is 13.5. The number of hydrogen-bond acceptors (Lipinski definition) is 5. The van der Waals surface area contributed by atoms with E-state index in [0.29, 0.717) is 17.2 Å². The maximum atomic E-state index is 6.03. The summed E-state index contributed by atoms with van der Waals surface area (Å²) in [6.07, 6.45) is 7.53. The first-order chi connectivity index (χ1) is 10.2. The van der Waals surface area contributed by atoms with Crippen LogP contribution < -0.4 is 5.73 Å². The van der Waals surface area contributed by atoms with Crippen molar-refractivity contribution in [3.63, 3.8) is 0 Å². The van der Waals surface area contributed by atoms with Gasteiger partial charge in [0.25, 0.3) is 0 Å². The molecule has 0 radical (unpaired) electrons. The van der Waals surface area contributed by atoms with Crippen LogP contribution in [0.2, 0.25) is 0 Å². The number of aryl methyl sites for hydroxylation is 2. The van der Waals surface area contributed by atoms with Gasteiger partial charge in [0, 0.05) is 24.5 Å². The zero-order chi connectivity index (χ0) is 14.8. The van der Waals surface area contributed by atoms with E-state index in [1.165, 1.54) is 0 Å². The van der Waals surface area contributed by atoms with E-state index in [9.17, 15) is 0 Å². The van der Waals surface area contributed by atoms with E-state index in [-0.39, 0.29) is 0 Å². The number of fused-ring (bicyclic) bond motifs is 1. The average Bonchev–Trinajstić information content (AvgIpc) is 2.88. The summed E-state index contributed by atoms with van der Waals surface area (Å²) in [7, 11) is 0. The third kappa shape index (κ3) is 2.56. The van der Waals surface area contributed by atoms with Crippen LogP contribution in [0.4, 0.5) is 5.82 Å². The van der Waals surface area contributed by atoms with E-state index in [4.69, 9.17) is 5.73 Å². The SMILES string of the molecule is CCCCn1cnc2c(N)nc(-c3cncc(C)c3)nc21. The van der Waals surface area contributed by atoms with Crippen LogP contribution >= 0.6 is 0 Å². The number of nitrogen functional groups attached to an aromatic ring is 1. The second-order valence-corrected chi connectivity index (χ2v) is 5.15. The van der Waals surface area contributed by atoms with Crippen molar-refractivity contribution in [2.45, 2.75) is 33.2 Å². The lowest BCUT2D eigenvalue weighted by Crippen LogP contribution is -2.02. The molecule has 3 heterocycles. The second-order valence-electron chi connectivity index (χ2n) is 5.15. The molecule has 0 saturated heterocycles. The molecular weight excluding hydrogens is 264 g/mol. The Morgan fingerprint density at radius 2 is 2.10 bits per heavy atom. The molecule has 0 fully saturated rings. The molecule has 6 nitrogen and oxygen atoms in total. The van der Waals surface area contributed by atoms with Crippen molar-refractivity contribution < 1.29 is 0 Å². The first-order valence-electron chi connectivity index (χ1n) is 7.09. The number of nitrogens with zero attached hydrogens (tertiary/aromatic N) is 5. The molecule has 21 heavy (non-hydrogen) atoms. The molecule has 0 amide bonds. The monoisotopic (exact) mass is 282 g/mol. The Labute approximate surface area is 123 Å². The molecule has 0 unspecified atom stereocenters. The average molecular weight is 282 g/mol. The van der Waals surface area contributed by atoms with Gasteiger partial charge in [-0.15, -0.1) is 0 Å². The van der Waals surface area contributed by atoms with Crippen molar-refractivity contribution in [2.24, 2.45) is 0 Å². The molecule has 0 atom stereocenters. The Morgan fingerprint density at radius 3 is 2.86 bits per heavy atom. The van der Waals surface area contributed by atoms with Crippen molar-refractivity contribution in [1.29, 1.82) is 0 Å². The fraction of sp³-hybridized carbons (Fsp3) is 0.333. The molecule has 0 saturated carbocycles. The Hall–Kier alpha value is -2.50. The summed E-state index contributed by atoms with van der Waals surface area (Å²) in [4.78, 5) is 17.5. The highest BCUT2D eigenvalue weighted by molar-refractivity contribution is 5.83. The lowest BCUT2D eigenvalue weighted by atomic mass is 10.2. The smallest absolute Gasteiger partial charge is 0.166 e. The number of hydrogen-bond donors (Lipinski definition) is 1. The van der Waals surface area contributed by atoms with Gasteiger partial charge in [0.05, 0.1) is 6.33 Å². The molecule has 0 aromatic carbocycles. The van der Waals surface area contributed by atoms with Crippen molar-refractivity contribution in [2.75, 3.05) is 5.73 Å². The van der Waals surface area contributed by atoms with E-state index < -0.39 is 0 Å². The zero-order valence-corrected chi connectivity index (χ0v) is 12.2. The normalized spacial score (nSPS) is 11.1. The van der Waals surface area contributed by atoms with Crippen LogP contribution in [0.15, 0.2) is 24.8 Å². The Bertz CT molecular complexity index is 777. The maximum Gasteiger partial charge on any atom is 0.166 e. The van der Waals surface area contributed by atoms with Gasteiger partial charge >= 0.3 is 0 Å². The van der Waals surface area contributed by atoms with Gasteiger partial charge in [0.1, 0.15) is 5.52 Å². The molecule has 0 aliphatic rings. The van der Waals surface area contributed by atoms with E-state index in [1.807, 2.05) is 17.6 Å². The molecular formula is C15H18N6. The van der Waals surface area contributed by atoms with E-state index in [2.05, 4.69) is 26.9 Å².